The summed E-state index contributed by atoms with van der Waals surface area (Å²) in [5.74, 6) is -1.77. The maximum Gasteiger partial charge on any atom is 0.253 e. The van der Waals surface area contributed by atoms with Gasteiger partial charge in [0.15, 0.2) is 0 Å². The summed E-state index contributed by atoms with van der Waals surface area (Å²) < 4.78 is 13.1. The highest BCUT2D eigenvalue weighted by Gasteiger charge is 2.35. The molecule has 1 fully saturated rings. The molecule has 0 aromatic heterocycles. The van der Waals surface area contributed by atoms with E-state index in [2.05, 4.69) is 10.6 Å². The molecule has 0 bridgehead atoms. The number of halogens is 1. The molecule has 1 aliphatic rings. The molecule has 0 aliphatic carbocycles. The lowest BCUT2D eigenvalue weighted by Gasteiger charge is -2.22. The summed E-state index contributed by atoms with van der Waals surface area (Å²) in [7, 11) is 0. The van der Waals surface area contributed by atoms with Crippen LogP contribution in [0.25, 0.3) is 0 Å². The fraction of sp³-hybridized carbons (Fsp3) is 0.318. The van der Waals surface area contributed by atoms with E-state index in [1.54, 1.807) is 24.3 Å². The Bertz CT molecular complexity index is 935. The number of carbonyl (C=O) groups is 3. The second kappa shape index (κ2) is 8.03. The summed E-state index contributed by atoms with van der Waals surface area (Å²) in [6.45, 7) is 5.83. The third kappa shape index (κ3) is 4.99. The molecule has 1 aliphatic heterocycles. The van der Waals surface area contributed by atoms with Crippen LogP contribution < -0.4 is 15.5 Å². The molecular weight excluding hydrogens is 373 g/mol. The van der Waals surface area contributed by atoms with Gasteiger partial charge in [0.1, 0.15) is 5.82 Å². The molecule has 3 rings (SSSR count). The number of amides is 3. The Hall–Kier alpha value is -3.22. The zero-order valence-electron chi connectivity index (χ0n) is 16.7. The zero-order chi connectivity index (χ0) is 21.2. The molecule has 7 heteroatoms. The summed E-state index contributed by atoms with van der Waals surface area (Å²) in [4.78, 5) is 39.1. The number of hydrogen-bond acceptors (Lipinski definition) is 3. The fourth-order valence-electron chi connectivity index (χ4n) is 3.19. The van der Waals surface area contributed by atoms with Crippen molar-refractivity contribution in [1.82, 2.24) is 5.32 Å². The van der Waals surface area contributed by atoms with E-state index in [1.807, 2.05) is 20.8 Å². The standard InChI is InChI=1S/C22H24FN3O3/c1-22(2,3)25-21(29)17-6-4-5-7-18(17)24-20(28)14-12-19(27)26(13-14)16-10-8-15(23)9-11-16/h4-11,14H,12-13H2,1-3H3,(H,24,28)(H,25,29). The van der Waals surface area contributed by atoms with Gasteiger partial charge in [-0.05, 0) is 57.2 Å². The lowest BCUT2D eigenvalue weighted by atomic mass is 10.1. The number of nitrogens with one attached hydrogen (secondary N) is 2. The normalized spacial score (nSPS) is 16.6. The molecule has 1 unspecified atom stereocenters. The van der Waals surface area contributed by atoms with Gasteiger partial charge in [-0.25, -0.2) is 4.39 Å². The SMILES string of the molecule is CC(C)(C)NC(=O)c1ccccc1NC(=O)C1CC(=O)N(c2ccc(F)cc2)C1. The number of para-hydroxylation sites is 1. The number of rotatable bonds is 4. The van der Waals surface area contributed by atoms with Gasteiger partial charge in [0.05, 0.1) is 17.2 Å². The highest BCUT2D eigenvalue weighted by molar-refractivity contribution is 6.07. The van der Waals surface area contributed by atoms with Crippen molar-refractivity contribution >= 4 is 29.1 Å². The van der Waals surface area contributed by atoms with Crippen LogP contribution >= 0.6 is 0 Å². The molecule has 2 aromatic carbocycles. The first-order chi connectivity index (χ1) is 13.6. The summed E-state index contributed by atoms with van der Waals surface area (Å²) in [5.41, 5.74) is 0.890. The van der Waals surface area contributed by atoms with E-state index in [9.17, 15) is 18.8 Å². The minimum atomic E-state index is -0.564. The fourth-order valence-corrected chi connectivity index (χ4v) is 3.19. The molecule has 2 N–H and O–H groups in total. The summed E-state index contributed by atoms with van der Waals surface area (Å²) in [5, 5.41) is 5.66. The van der Waals surface area contributed by atoms with Gasteiger partial charge in [-0.15, -0.1) is 0 Å². The average molecular weight is 397 g/mol. The van der Waals surface area contributed by atoms with Crippen LogP contribution in [0.2, 0.25) is 0 Å². The van der Waals surface area contributed by atoms with Crippen LogP contribution in [0.3, 0.4) is 0 Å². The first-order valence-electron chi connectivity index (χ1n) is 9.42. The van der Waals surface area contributed by atoms with E-state index >= 15 is 0 Å². The maximum atomic E-state index is 13.1. The first kappa shape index (κ1) is 20.5. The smallest absolute Gasteiger partial charge is 0.253 e. The van der Waals surface area contributed by atoms with Crippen molar-refractivity contribution in [3.05, 3.63) is 59.9 Å². The van der Waals surface area contributed by atoms with Gasteiger partial charge in [-0.3, -0.25) is 14.4 Å². The van der Waals surface area contributed by atoms with Gasteiger partial charge in [0, 0.05) is 24.2 Å². The van der Waals surface area contributed by atoms with Crippen molar-refractivity contribution in [3.63, 3.8) is 0 Å². The van der Waals surface area contributed by atoms with E-state index in [0.29, 0.717) is 16.9 Å². The molecule has 6 nitrogen and oxygen atoms in total. The number of benzene rings is 2. The van der Waals surface area contributed by atoms with Crippen molar-refractivity contribution in [3.8, 4) is 0 Å². The van der Waals surface area contributed by atoms with Crippen molar-refractivity contribution < 1.29 is 18.8 Å². The van der Waals surface area contributed by atoms with Crippen LogP contribution in [0.15, 0.2) is 48.5 Å². The van der Waals surface area contributed by atoms with Crippen LogP contribution in [0.1, 0.15) is 37.6 Å². The maximum absolute atomic E-state index is 13.1. The minimum Gasteiger partial charge on any atom is -0.347 e. The zero-order valence-corrected chi connectivity index (χ0v) is 16.7. The number of anilines is 2. The van der Waals surface area contributed by atoms with E-state index in [4.69, 9.17) is 0 Å². The average Bonchev–Trinajstić information content (AvgIpc) is 3.03. The monoisotopic (exact) mass is 397 g/mol. The van der Waals surface area contributed by atoms with Crippen molar-refractivity contribution in [2.75, 3.05) is 16.8 Å². The molecule has 29 heavy (non-hydrogen) atoms. The molecule has 3 amide bonds. The largest absolute Gasteiger partial charge is 0.347 e. The Morgan fingerprint density at radius 2 is 1.72 bits per heavy atom. The van der Waals surface area contributed by atoms with Gasteiger partial charge >= 0.3 is 0 Å². The predicted molar refractivity (Wildman–Crippen MR) is 109 cm³/mol. The molecule has 1 saturated heterocycles. The third-order valence-electron chi connectivity index (χ3n) is 4.55. The van der Waals surface area contributed by atoms with E-state index < -0.39 is 11.5 Å². The van der Waals surface area contributed by atoms with Gasteiger partial charge in [-0.1, -0.05) is 12.1 Å². The molecular formula is C22H24FN3O3. The van der Waals surface area contributed by atoms with Crippen molar-refractivity contribution in [1.29, 1.82) is 0 Å². The van der Waals surface area contributed by atoms with Gasteiger partial charge < -0.3 is 15.5 Å². The van der Waals surface area contributed by atoms with E-state index in [-0.39, 0.29) is 36.5 Å². The summed E-state index contributed by atoms with van der Waals surface area (Å²) in [6, 6.07) is 12.3. The Balaban J connectivity index is 1.72. The van der Waals surface area contributed by atoms with Gasteiger partial charge in [0.25, 0.3) is 5.91 Å². The van der Waals surface area contributed by atoms with Crippen LogP contribution in [-0.4, -0.2) is 29.8 Å². The Morgan fingerprint density at radius 1 is 1.07 bits per heavy atom. The molecule has 0 saturated carbocycles. The van der Waals surface area contributed by atoms with E-state index in [0.717, 1.165) is 0 Å². The molecule has 0 spiro atoms. The van der Waals surface area contributed by atoms with Crippen LogP contribution in [-0.2, 0) is 9.59 Å². The lowest BCUT2D eigenvalue weighted by Crippen LogP contribution is -2.41. The minimum absolute atomic E-state index is 0.0551. The molecule has 0 radical (unpaired) electrons. The predicted octanol–water partition coefficient (Wildman–Crippen LogP) is 3.35. The Labute approximate surface area is 169 Å². The van der Waals surface area contributed by atoms with Crippen molar-refractivity contribution in [2.24, 2.45) is 5.92 Å². The quantitative estimate of drug-likeness (QED) is 0.831. The molecule has 1 atom stereocenters. The number of hydrogen-bond donors (Lipinski definition) is 2. The van der Waals surface area contributed by atoms with Crippen molar-refractivity contribution in [2.45, 2.75) is 32.7 Å². The Morgan fingerprint density at radius 3 is 2.38 bits per heavy atom. The molecule has 2 aromatic rings. The second-order valence-electron chi connectivity index (χ2n) is 8.12. The number of nitrogens with zero attached hydrogens (tertiary/aromatic N) is 1. The lowest BCUT2D eigenvalue weighted by molar-refractivity contribution is -0.122. The number of carbonyl (C=O) groups excluding carboxylic acids is 3. The summed E-state index contributed by atoms with van der Waals surface area (Å²) in [6.07, 6.45) is 0.0551. The summed E-state index contributed by atoms with van der Waals surface area (Å²) >= 11 is 0. The molecule has 152 valence electrons. The highest BCUT2D eigenvalue weighted by Crippen LogP contribution is 2.27. The van der Waals surface area contributed by atoms with Crippen LogP contribution in [0.5, 0.6) is 0 Å². The van der Waals surface area contributed by atoms with Gasteiger partial charge in [-0.2, -0.15) is 0 Å². The highest BCUT2D eigenvalue weighted by atomic mass is 19.1. The topological polar surface area (TPSA) is 78.5 Å². The second-order valence-corrected chi connectivity index (χ2v) is 8.12. The van der Waals surface area contributed by atoms with Gasteiger partial charge in [0.2, 0.25) is 11.8 Å². The Kier molecular flexibility index (Phi) is 5.68. The van der Waals surface area contributed by atoms with Crippen LogP contribution in [0.4, 0.5) is 15.8 Å². The first-order valence-corrected chi connectivity index (χ1v) is 9.42. The molecule has 1 heterocycles. The van der Waals surface area contributed by atoms with Crippen LogP contribution in [0, 0.1) is 11.7 Å². The van der Waals surface area contributed by atoms with E-state index in [1.165, 1.54) is 29.2 Å². The third-order valence-corrected chi connectivity index (χ3v) is 4.55.